The van der Waals surface area contributed by atoms with E-state index in [1.807, 2.05) is 10.5 Å². The lowest BCUT2D eigenvalue weighted by atomic mass is 10.5. The molecule has 1 aromatic rings. The number of rotatable bonds is 3. The molecule has 0 saturated heterocycles. The number of nitrogens with one attached hydrogen (secondary N) is 1. The van der Waals surface area contributed by atoms with Gasteiger partial charge in [-0.15, -0.1) is 4.91 Å². The third-order valence-corrected chi connectivity index (χ3v) is 3.60. The summed E-state index contributed by atoms with van der Waals surface area (Å²) in [6, 6.07) is 0. The number of nitrogens with zero attached hydrogens (tertiary/aromatic N) is 2. The maximum atomic E-state index is 12.0. The summed E-state index contributed by atoms with van der Waals surface area (Å²) < 4.78 is 36.2. The minimum absolute atomic E-state index is 0.0538. The Bertz CT molecular complexity index is 372. The quantitative estimate of drug-likeness (QED) is 0.516. The molecule has 0 bridgehead atoms. The molecule has 0 aliphatic heterocycles. The van der Waals surface area contributed by atoms with Crippen LogP contribution in [0.3, 0.4) is 0 Å². The summed E-state index contributed by atoms with van der Waals surface area (Å²) in [6.45, 7) is 0. The predicted octanol–water partition coefficient (Wildman–Crippen LogP) is 3.00. The van der Waals surface area contributed by atoms with Gasteiger partial charge in [0.2, 0.25) is 0 Å². The Morgan fingerprint density at radius 3 is 2.50 bits per heavy atom. The van der Waals surface area contributed by atoms with Crippen molar-refractivity contribution in [2.75, 3.05) is 5.32 Å². The van der Waals surface area contributed by atoms with Crippen LogP contribution in [-0.2, 0) is 0 Å². The molecule has 1 aromatic heterocycles. The Kier molecular flexibility index (Phi) is 3.50. The second-order valence-corrected chi connectivity index (χ2v) is 4.80. The van der Waals surface area contributed by atoms with E-state index in [-0.39, 0.29) is 9.09 Å². The van der Waals surface area contributed by atoms with Crippen LogP contribution in [0.2, 0.25) is 0 Å². The Labute approximate surface area is 88.2 Å². The van der Waals surface area contributed by atoms with Gasteiger partial charge in [0, 0.05) is 0 Å². The van der Waals surface area contributed by atoms with Gasteiger partial charge in [0.05, 0.1) is 0 Å². The molecule has 0 aromatic carbocycles. The van der Waals surface area contributed by atoms with E-state index in [1.165, 1.54) is 0 Å². The van der Waals surface area contributed by atoms with Gasteiger partial charge >= 0.3 is 6.18 Å². The summed E-state index contributed by atoms with van der Waals surface area (Å²) in [4.78, 5) is 13.4. The molecule has 0 aliphatic rings. The molecule has 4 nitrogen and oxygen atoms in total. The smallest absolute Gasteiger partial charge is 0.329 e. The third-order valence-electron chi connectivity index (χ3n) is 1.06. The number of halogens is 3. The highest BCUT2D eigenvalue weighted by molar-refractivity contribution is 7.79. The van der Waals surface area contributed by atoms with Gasteiger partial charge in [-0.3, -0.25) is 0 Å². The van der Waals surface area contributed by atoms with Crippen molar-refractivity contribution in [2.24, 2.45) is 5.18 Å². The number of alkyl halides is 3. The Balaban J connectivity index is 2.76. The fourth-order valence-electron chi connectivity index (χ4n) is 0.537. The van der Waals surface area contributed by atoms with Crippen molar-refractivity contribution in [1.29, 1.82) is 0 Å². The topological polar surface area (TPSA) is 54.4 Å². The zero-order valence-corrected chi connectivity index (χ0v) is 8.69. The molecule has 0 fully saturated rings. The maximum absolute atomic E-state index is 12.0. The van der Waals surface area contributed by atoms with Crippen molar-refractivity contribution in [2.45, 2.75) is 12.3 Å². The van der Waals surface area contributed by atoms with Crippen molar-refractivity contribution < 1.29 is 13.2 Å². The molecule has 1 N–H and O–H groups in total. The van der Waals surface area contributed by atoms with Crippen molar-refractivity contribution in [1.82, 2.24) is 4.98 Å². The summed E-state index contributed by atoms with van der Waals surface area (Å²) in [5, 5.41) is 3.70. The SMILES string of the molecule is O=NC(Nc1nc(=S)ss1)C(F)(F)F. The molecule has 0 saturated carbocycles. The van der Waals surface area contributed by atoms with Crippen molar-refractivity contribution >= 4 is 38.0 Å². The van der Waals surface area contributed by atoms with Crippen LogP contribution in [0.15, 0.2) is 5.18 Å². The van der Waals surface area contributed by atoms with Crippen molar-refractivity contribution in [3.8, 4) is 0 Å². The van der Waals surface area contributed by atoms with Gasteiger partial charge in [-0.2, -0.15) is 18.2 Å². The first-order valence-corrected chi connectivity index (χ1v) is 5.62. The fraction of sp³-hybridized carbons (Fsp3) is 0.500. The molecule has 1 atom stereocenters. The Morgan fingerprint density at radius 2 is 2.14 bits per heavy atom. The molecule has 0 spiro atoms. The average molecular weight is 261 g/mol. The van der Waals surface area contributed by atoms with E-state index in [2.05, 4.69) is 17.2 Å². The highest BCUT2D eigenvalue weighted by atomic mass is 32.9. The summed E-state index contributed by atoms with van der Waals surface area (Å²) in [5.74, 6) is 0. The van der Waals surface area contributed by atoms with Gasteiger partial charge in [-0.05, 0) is 38.1 Å². The van der Waals surface area contributed by atoms with Gasteiger partial charge in [-0.1, -0.05) is 0 Å². The van der Waals surface area contributed by atoms with E-state index in [0.717, 1.165) is 20.7 Å². The van der Waals surface area contributed by atoms with E-state index < -0.39 is 12.3 Å². The minimum atomic E-state index is -4.72. The first-order chi connectivity index (χ1) is 6.43. The Hall–Kier alpha value is -0.610. The highest BCUT2D eigenvalue weighted by Gasteiger charge is 2.41. The molecular weight excluding hydrogens is 259 g/mol. The van der Waals surface area contributed by atoms with Crippen LogP contribution in [0.5, 0.6) is 0 Å². The predicted molar refractivity (Wildman–Crippen MR) is 50.1 cm³/mol. The molecule has 10 heteroatoms. The van der Waals surface area contributed by atoms with Gasteiger partial charge < -0.3 is 5.32 Å². The normalized spacial score (nSPS) is 13.6. The number of anilines is 1. The number of hydrogen-bond acceptors (Lipinski definition) is 7. The number of hydrogen-bond donors (Lipinski definition) is 1. The lowest BCUT2D eigenvalue weighted by Crippen LogP contribution is -2.33. The lowest BCUT2D eigenvalue weighted by Gasteiger charge is -2.12. The van der Waals surface area contributed by atoms with Crippen LogP contribution in [0.1, 0.15) is 0 Å². The van der Waals surface area contributed by atoms with E-state index in [0.29, 0.717) is 0 Å². The third kappa shape index (κ3) is 2.96. The molecule has 1 rings (SSSR count). The monoisotopic (exact) mass is 261 g/mol. The van der Waals surface area contributed by atoms with Crippen molar-refractivity contribution in [3.05, 3.63) is 8.86 Å². The largest absolute Gasteiger partial charge is 0.432 e. The van der Waals surface area contributed by atoms with Crippen molar-refractivity contribution in [3.63, 3.8) is 0 Å². The molecular formula is C4H2F3N3OS3. The Morgan fingerprint density at radius 1 is 1.50 bits per heavy atom. The maximum Gasteiger partial charge on any atom is 0.432 e. The first-order valence-electron chi connectivity index (χ1n) is 3.06. The summed E-state index contributed by atoms with van der Waals surface area (Å²) in [5.41, 5.74) is 0. The standard InChI is InChI=1S/C4H2F3N3OS3/c5-4(6,7)1(10-11)8-2-9-3(12)14-13-2/h1H,(H,8,9,12). The van der Waals surface area contributed by atoms with Crippen LogP contribution in [-0.4, -0.2) is 17.3 Å². The molecule has 78 valence electrons. The summed E-state index contributed by atoms with van der Waals surface area (Å²) in [6.07, 6.45) is -7.20. The number of aromatic nitrogens is 1. The second-order valence-electron chi connectivity index (χ2n) is 2.04. The van der Waals surface area contributed by atoms with Crippen LogP contribution >= 0.6 is 32.9 Å². The average Bonchev–Trinajstić information content (AvgIpc) is 2.45. The van der Waals surface area contributed by atoms with E-state index in [9.17, 15) is 18.1 Å². The first kappa shape index (κ1) is 11.5. The van der Waals surface area contributed by atoms with E-state index in [1.54, 1.807) is 0 Å². The molecule has 0 amide bonds. The number of nitroso groups, excluding NO2 is 1. The van der Waals surface area contributed by atoms with Crippen LogP contribution in [0.25, 0.3) is 0 Å². The van der Waals surface area contributed by atoms with Gasteiger partial charge in [0.25, 0.3) is 6.17 Å². The zero-order chi connectivity index (χ0) is 10.8. The van der Waals surface area contributed by atoms with E-state index in [4.69, 9.17) is 0 Å². The molecule has 1 unspecified atom stereocenters. The van der Waals surface area contributed by atoms with Crippen LogP contribution in [0.4, 0.5) is 18.3 Å². The van der Waals surface area contributed by atoms with Crippen LogP contribution < -0.4 is 5.32 Å². The minimum Gasteiger partial charge on any atom is -0.329 e. The molecule has 1 heterocycles. The second kappa shape index (κ2) is 4.28. The van der Waals surface area contributed by atoms with E-state index >= 15 is 0 Å². The lowest BCUT2D eigenvalue weighted by molar-refractivity contribution is -0.140. The zero-order valence-electron chi connectivity index (χ0n) is 6.24. The summed E-state index contributed by atoms with van der Waals surface area (Å²) >= 11 is 4.60. The molecule has 14 heavy (non-hydrogen) atoms. The van der Waals surface area contributed by atoms with Crippen LogP contribution in [0, 0.1) is 8.86 Å². The molecule has 0 radical (unpaired) electrons. The summed E-state index contributed by atoms with van der Waals surface area (Å²) in [7, 11) is 1.97. The fourth-order valence-corrected chi connectivity index (χ4v) is 2.44. The molecule has 0 aliphatic carbocycles. The van der Waals surface area contributed by atoms with Gasteiger partial charge in [-0.25, -0.2) is 0 Å². The highest BCUT2D eigenvalue weighted by Crippen LogP contribution is 2.27. The van der Waals surface area contributed by atoms with Gasteiger partial charge in [0.1, 0.15) is 0 Å². The van der Waals surface area contributed by atoms with Gasteiger partial charge in [0.15, 0.2) is 9.09 Å².